The zero-order valence-corrected chi connectivity index (χ0v) is 49.4. The number of aliphatic hydroxyl groups is 1. The average molecular weight is 1110 g/mol. The molecular formula is C58H91N7O14. The van der Waals surface area contributed by atoms with E-state index in [1.54, 1.807) is 65.8 Å². The first-order valence-corrected chi connectivity index (χ1v) is 28.3. The van der Waals surface area contributed by atoms with Crippen LogP contribution in [-0.4, -0.2) is 179 Å². The van der Waals surface area contributed by atoms with Gasteiger partial charge in [0, 0.05) is 39.5 Å². The van der Waals surface area contributed by atoms with E-state index < -0.39 is 138 Å². The van der Waals surface area contributed by atoms with Crippen LogP contribution in [0.5, 0.6) is 5.75 Å². The molecule has 442 valence electrons. The number of nitrogens with one attached hydrogen (secondary N) is 3. The summed E-state index contributed by atoms with van der Waals surface area (Å²) >= 11 is 0. The van der Waals surface area contributed by atoms with Gasteiger partial charge in [0.2, 0.25) is 41.4 Å². The quantitative estimate of drug-likeness (QED) is 0.145. The maximum Gasteiger partial charge on any atom is 0.329 e. The Morgan fingerprint density at radius 3 is 2.05 bits per heavy atom. The van der Waals surface area contributed by atoms with Gasteiger partial charge < -0.3 is 54.9 Å². The number of nitrogens with zero attached hydrogens (tertiary/aromatic N) is 4. The SMILES string of the molecule is CC[C@H](C)[C@H]1NC(=O)[C@@H](NC(=O)[C@H](CC(C)C)N(C)C(=O)[C@@H]2CCCN2C(=O)C(C)C)[C@@H](C)OC(=O)[C@H](Cc2ccc(OC)cc2)N(C)C(=O)[C@@H]2CCCN2C(=O)[C@H](CC(C)C)NC(=O)[C@@H](C)C(=O)[C@H](C(C)C)OC(=O)C[C@@H]1O. The van der Waals surface area contributed by atoms with Gasteiger partial charge in [-0.05, 0) is 93.7 Å². The Labute approximate surface area is 467 Å². The Hall–Kier alpha value is -6.12. The van der Waals surface area contributed by atoms with Crippen LogP contribution < -0.4 is 20.7 Å². The Morgan fingerprint density at radius 1 is 0.848 bits per heavy atom. The van der Waals surface area contributed by atoms with Gasteiger partial charge in [0.15, 0.2) is 11.9 Å². The lowest BCUT2D eigenvalue weighted by Crippen LogP contribution is -2.62. The highest BCUT2D eigenvalue weighted by atomic mass is 16.6. The van der Waals surface area contributed by atoms with Crippen LogP contribution in [0.3, 0.4) is 0 Å². The largest absolute Gasteiger partial charge is 0.497 e. The molecule has 0 spiro atoms. The zero-order chi connectivity index (χ0) is 59.3. The smallest absolute Gasteiger partial charge is 0.329 e. The topological polar surface area (TPSA) is 268 Å². The third-order valence-electron chi connectivity index (χ3n) is 15.6. The summed E-state index contributed by atoms with van der Waals surface area (Å²) in [5.41, 5.74) is 0.585. The molecule has 1 aromatic carbocycles. The highest BCUT2D eigenvalue weighted by Gasteiger charge is 2.46. The van der Waals surface area contributed by atoms with E-state index in [4.69, 9.17) is 14.2 Å². The van der Waals surface area contributed by atoms with Crippen LogP contribution >= 0.6 is 0 Å². The monoisotopic (exact) mass is 1110 g/mol. The molecule has 21 heteroatoms. The summed E-state index contributed by atoms with van der Waals surface area (Å²) in [5, 5.41) is 20.2. The predicted octanol–water partition coefficient (Wildman–Crippen LogP) is 3.59. The van der Waals surface area contributed by atoms with Gasteiger partial charge in [-0.3, -0.25) is 43.2 Å². The van der Waals surface area contributed by atoms with Crippen LogP contribution in [0, 0.1) is 35.5 Å². The number of rotatable bonds is 15. The number of ether oxygens (including phenoxy) is 3. The number of likely N-dealkylation sites (N-methyl/N-ethyl adjacent to an activating group) is 2. The van der Waals surface area contributed by atoms with Crippen LogP contribution in [0.15, 0.2) is 24.3 Å². The molecule has 0 aromatic heterocycles. The molecule has 3 heterocycles. The van der Waals surface area contributed by atoms with Crippen molar-refractivity contribution in [2.45, 2.75) is 201 Å². The van der Waals surface area contributed by atoms with Gasteiger partial charge in [-0.15, -0.1) is 0 Å². The molecule has 4 rings (SSSR count). The van der Waals surface area contributed by atoms with Gasteiger partial charge in [-0.2, -0.15) is 0 Å². The average Bonchev–Trinajstić information content (AvgIpc) is 4.13. The van der Waals surface area contributed by atoms with E-state index >= 15 is 4.79 Å². The van der Waals surface area contributed by atoms with Crippen LogP contribution in [0.1, 0.15) is 140 Å². The van der Waals surface area contributed by atoms with Crippen LogP contribution in [0.4, 0.5) is 0 Å². The molecule has 79 heavy (non-hydrogen) atoms. The Balaban J connectivity index is 1.89. The summed E-state index contributed by atoms with van der Waals surface area (Å²) < 4.78 is 17.3. The number of cyclic esters (lactones) is 2. The number of hydrogen-bond donors (Lipinski definition) is 4. The van der Waals surface area contributed by atoms with Crippen molar-refractivity contribution in [2.75, 3.05) is 34.3 Å². The summed E-state index contributed by atoms with van der Waals surface area (Å²) in [6, 6.07) is -1.82. The van der Waals surface area contributed by atoms with Crippen molar-refractivity contribution in [1.29, 1.82) is 0 Å². The van der Waals surface area contributed by atoms with Crippen molar-refractivity contribution >= 4 is 59.1 Å². The normalized spacial score (nSPS) is 27.3. The molecule has 0 aliphatic carbocycles. The molecule has 21 nitrogen and oxygen atoms in total. The van der Waals surface area contributed by atoms with Gasteiger partial charge in [-0.25, -0.2) is 4.79 Å². The third-order valence-corrected chi connectivity index (χ3v) is 15.6. The molecule has 0 bridgehead atoms. The lowest BCUT2D eigenvalue weighted by Gasteiger charge is -2.36. The van der Waals surface area contributed by atoms with Crippen LogP contribution in [0.2, 0.25) is 0 Å². The molecule has 0 radical (unpaired) electrons. The van der Waals surface area contributed by atoms with Gasteiger partial charge in [0.25, 0.3) is 0 Å². The molecule has 0 saturated carbocycles. The maximum atomic E-state index is 15.0. The van der Waals surface area contributed by atoms with Crippen molar-refractivity contribution in [3.63, 3.8) is 0 Å². The number of carbonyl (C=O) groups excluding carboxylic acids is 10. The molecule has 3 fully saturated rings. The fraction of sp³-hybridized carbons (Fsp3) is 0.724. The number of esters is 2. The first-order chi connectivity index (χ1) is 37.0. The summed E-state index contributed by atoms with van der Waals surface area (Å²) in [4.78, 5) is 149. The minimum Gasteiger partial charge on any atom is -0.497 e. The first kappa shape index (κ1) is 65.4. The van der Waals surface area contributed by atoms with Gasteiger partial charge >= 0.3 is 11.9 Å². The third kappa shape index (κ3) is 17.0. The molecule has 7 amide bonds. The van der Waals surface area contributed by atoms with Crippen molar-refractivity contribution in [3.8, 4) is 5.75 Å². The molecule has 0 unspecified atom stereocenters. The maximum absolute atomic E-state index is 15.0. The number of aliphatic hydroxyl groups excluding tert-OH is 1. The number of hydrogen-bond acceptors (Lipinski definition) is 14. The van der Waals surface area contributed by atoms with E-state index in [0.717, 1.165) is 0 Å². The molecular weight excluding hydrogens is 1020 g/mol. The Bertz CT molecular complexity index is 2330. The minimum absolute atomic E-state index is 0.115. The van der Waals surface area contributed by atoms with E-state index in [0.29, 0.717) is 43.5 Å². The molecule has 4 N–H and O–H groups in total. The number of benzene rings is 1. The molecule has 3 saturated heterocycles. The minimum atomic E-state index is -1.73. The van der Waals surface area contributed by atoms with Crippen molar-refractivity contribution in [3.05, 3.63) is 29.8 Å². The predicted molar refractivity (Wildman–Crippen MR) is 293 cm³/mol. The highest BCUT2D eigenvalue weighted by molar-refractivity contribution is 6.05. The van der Waals surface area contributed by atoms with E-state index in [9.17, 15) is 48.3 Å². The lowest BCUT2D eigenvalue weighted by molar-refractivity contribution is -0.163. The summed E-state index contributed by atoms with van der Waals surface area (Å²) in [6.45, 7) is 20.9. The molecule has 1 aromatic rings. The van der Waals surface area contributed by atoms with Crippen molar-refractivity contribution in [2.24, 2.45) is 35.5 Å². The number of carbonyl (C=O) groups is 10. The van der Waals surface area contributed by atoms with Crippen LogP contribution in [0.25, 0.3) is 0 Å². The number of ketones is 1. The lowest BCUT2D eigenvalue weighted by atomic mass is 9.91. The molecule has 3 aliphatic rings. The van der Waals surface area contributed by atoms with Crippen LogP contribution in [-0.2, 0) is 63.8 Å². The number of Topliss-reactive ketones (excluding diaryl/α,β-unsaturated/α-hetero) is 1. The second-order valence-electron chi connectivity index (χ2n) is 23.4. The molecule has 3 aliphatic heterocycles. The number of likely N-dealkylation sites (tertiary alicyclic amines) is 1. The number of methoxy groups -OCH3 is 1. The van der Waals surface area contributed by atoms with E-state index in [1.165, 1.54) is 54.7 Å². The highest BCUT2D eigenvalue weighted by Crippen LogP contribution is 2.28. The van der Waals surface area contributed by atoms with Gasteiger partial charge in [-0.1, -0.05) is 87.8 Å². The fourth-order valence-electron chi connectivity index (χ4n) is 10.6. The van der Waals surface area contributed by atoms with E-state index in [2.05, 4.69) is 16.0 Å². The zero-order valence-electron chi connectivity index (χ0n) is 49.4. The molecule has 12 atom stereocenters. The number of fused-ring (bicyclic) bond motifs is 1. The second-order valence-corrected chi connectivity index (χ2v) is 23.4. The summed E-state index contributed by atoms with van der Waals surface area (Å²) in [6.07, 6.45) is -3.21. The summed E-state index contributed by atoms with van der Waals surface area (Å²) in [7, 11) is 4.38. The first-order valence-electron chi connectivity index (χ1n) is 28.3. The number of amides is 7. The van der Waals surface area contributed by atoms with Crippen molar-refractivity contribution in [1.82, 2.24) is 35.6 Å². The van der Waals surface area contributed by atoms with Crippen molar-refractivity contribution < 1.29 is 67.3 Å². The van der Waals surface area contributed by atoms with E-state index in [-0.39, 0.29) is 55.9 Å². The standard InChI is InChI=1S/C58H91N7O14/c1-16-35(10)47-45(66)30-46(67)79-50(33(6)7)49(68)36(11)51(69)59-40(27-31(2)3)55(73)65-26-18-20-42(65)57(75)63(14)44(29-38-21-23-39(77-15)24-22-38)58(76)78-37(12)48(53(71)60-47)61-52(70)43(28-32(4)5)62(13)56(74)41-19-17-25-64(41)54(72)34(8)9/h21-24,31-37,40-45,47-48,50,66H,16-20,25-30H2,1-15H3,(H,59,69)(H,60,71)(H,61,70)/t35-,36-,37+,40-,41-,42-,43-,44-,45-,47+,48-,50-/m0/s1. The van der Waals surface area contributed by atoms with E-state index in [1.807, 2.05) is 27.7 Å². The second kappa shape index (κ2) is 29.4. The fourth-order valence-corrected chi connectivity index (χ4v) is 10.6. The Morgan fingerprint density at radius 2 is 1.48 bits per heavy atom. The Kier molecular flexibility index (Phi) is 24.3. The van der Waals surface area contributed by atoms with Gasteiger partial charge in [0.1, 0.15) is 48.1 Å². The summed E-state index contributed by atoms with van der Waals surface area (Å²) in [5.74, 6) is -9.84. The van der Waals surface area contributed by atoms with Gasteiger partial charge in [0.05, 0.1) is 31.6 Å².